The van der Waals surface area contributed by atoms with Crippen LogP contribution in [0.2, 0.25) is 10.0 Å². The number of carbonyl (C=O) groups excluding carboxylic acids is 2. The lowest BCUT2D eigenvalue weighted by Gasteiger charge is -2.52. The van der Waals surface area contributed by atoms with Crippen LogP contribution in [0, 0.1) is 5.41 Å². The lowest BCUT2D eigenvalue weighted by atomic mass is 9.67. The summed E-state index contributed by atoms with van der Waals surface area (Å²) < 4.78 is 0. The molecule has 1 aliphatic heterocycles. The number of nitrogens with zero attached hydrogens (tertiary/aromatic N) is 1. The normalized spacial score (nSPS) is 23.9. The van der Waals surface area contributed by atoms with Crippen LogP contribution >= 0.6 is 23.2 Å². The van der Waals surface area contributed by atoms with Gasteiger partial charge < -0.3 is 9.69 Å². The standard InChI is InChI=1S/C28H33Cl2NO2/c1-5-16-28(4)18-25(21-8-7-9-23(30)17-21)26(20-11-13-22(29)14-12-20)31(27(28)33)24(6-2)15-10-19(3)32/h5,7-9,11-14,17,24-26H,1,6,10,15-16,18H2,2-4H3/t24?,25?,26-,28+/m1/s1. The van der Waals surface area contributed by atoms with E-state index in [-0.39, 0.29) is 29.7 Å². The molecule has 1 saturated heterocycles. The molecule has 3 rings (SSSR count). The van der Waals surface area contributed by atoms with Gasteiger partial charge in [-0.15, -0.1) is 6.58 Å². The fourth-order valence-corrected chi connectivity index (χ4v) is 5.52. The molecular weight excluding hydrogens is 453 g/mol. The summed E-state index contributed by atoms with van der Waals surface area (Å²) in [5.74, 6) is 0.302. The molecule has 2 aromatic carbocycles. The zero-order chi connectivity index (χ0) is 24.2. The molecule has 0 N–H and O–H groups in total. The van der Waals surface area contributed by atoms with E-state index in [4.69, 9.17) is 23.2 Å². The molecular formula is C28H33Cl2NO2. The number of carbonyl (C=O) groups is 2. The molecule has 0 aliphatic carbocycles. The van der Waals surface area contributed by atoms with Crippen LogP contribution in [0.25, 0.3) is 0 Å². The molecule has 0 saturated carbocycles. The van der Waals surface area contributed by atoms with Crippen LogP contribution in [0.4, 0.5) is 0 Å². The summed E-state index contributed by atoms with van der Waals surface area (Å²) in [4.78, 5) is 28.0. The molecule has 0 spiro atoms. The number of allylic oxidation sites excluding steroid dienone is 1. The monoisotopic (exact) mass is 485 g/mol. The lowest BCUT2D eigenvalue weighted by Crippen LogP contribution is -2.55. The molecule has 1 heterocycles. The third kappa shape index (κ3) is 5.70. The van der Waals surface area contributed by atoms with Gasteiger partial charge in [0, 0.05) is 28.4 Å². The smallest absolute Gasteiger partial charge is 0.229 e. The number of halogens is 2. The highest BCUT2D eigenvalue weighted by molar-refractivity contribution is 6.30. The minimum atomic E-state index is -0.582. The van der Waals surface area contributed by atoms with Crippen molar-refractivity contribution in [1.29, 1.82) is 0 Å². The van der Waals surface area contributed by atoms with E-state index in [0.717, 1.165) is 17.5 Å². The van der Waals surface area contributed by atoms with Crippen molar-refractivity contribution in [1.82, 2.24) is 4.90 Å². The minimum absolute atomic E-state index is 0.0407. The van der Waals surface area contributed by atoms with Gasteiger partial charge in [0.2, 0.25) is 5.91 Å². The molecule has 0 bridgehead atoms. The fourth-order valence-electron chi connectivity index (χ4n) is 5.20. The summed E-state index contributed by atoms with van der Waals surface area (Å²) in [6.45, 7) is 9.67. The van der Waals surface area contributed by atoms with Gasteiger partial charge in [-0.1, -0.05) is 67.4 Å². The summed E-state index contributed by atoms with van der Waals surface area (Å²) in [5, 5.41) is 1.34. The third-order valence-electron chi connectivity index (χ3n) is 6.88. The second-order valence-electron chi connectivity index (χ2n) is 9.43. The Hall–Kier alpha value is -2.10. The summed E-state index contributed by atoms with van der Waals surface area (Å²) in [6.07, 6.45) is 4.99. The van der Waals surface area contributed by atoms with E-state index in [0.29, 0.717) is 35.7 Å². The number of hydrogen-bond acceptors (Lipinski definition) is 2. The van der Waals surface area contributed by atoms with Gasteiger partial charge in [-0.2, -0.15) is 0 Å². The quantitative estimate of drug-likeness (QED) is 0.340. The number of rotatable bonds is 9. The SMILES string of the molecule is C=CC[C@@]1(C)CC(c2cccc(Cl)c2)[C@@H](c2ccc(Cl)cc2)N(C(CC)CCC(C)=O)C1=O. The van der Waals surface area contributed by atoms with E-state index in [2.05, 4.69) is 24.5 Å². The number of benzene rings is 2. The maximum Gasteiger partial charge on any atom is 0.229 e. The van der Waals surface area contributed by atoms with E-state index in [1.807, 2.05) is 55.5 Å². The van der Waals surface area contributed by atoms with Gasteiger partial charge in [-0.05, 0) is 68.0 Å². The maximum absolute atomic E-state index is 14.1. The molecule has 2 aromatic rings. The Labute approximate surface area is 207 Å². The molecule has 1 aliphatic rings. The second-order valence-corrected chi connectivity index (χ2v) is 10.3. The summed E-state index contributed by atoms with van der Waals surface area (Å²) >= 11 is 12.6. The average molecular weight is 486 g/mol. The van der Waals surface area contributed by atoms with E-state index < -0.39 is 5.41 Å². The lowest BCUT2D eigenvalue weighted by molar-refractivity contribution is -0.155. The highest BCUT2D eigenvalue weighted by Crippen LogP contribution is 2.52. The molecule has 4 atom stereocenters. The first-order valence-corrected chi connectivity index (χ1v) is 12.4. The van der Waals surface area contributed by atoms with Crippen LogP contribution in [0.3, 0.4) is 0 Å². The molecule has 5 heteroatoms. The predicted octanol–water partition coefficient (Wildman–Crippen LogP) is 7.78. The van der Waals surface area contributed by atoms with Crippen LogP contribution in [0.15, 0.2) is 61.2 Å². The predicted molar refractivity (Wildman–Crippen MR) is 137 cm³/mol. The van der Waals surface area contributed by atoms with Gasteiger partial charge in [-0.25, -0.2) is 0 Å². The summed E-state index contributed by atoms with van der Waals surface area (Å²) in [5.41, 5.74) is 1.57. The van der Waals surface area contributed by atoms with Crippen LogP contribution in [-0.2, 0) is 9.59 Å². The highest BCUT2D eigenvalue weighted by atomic mass is 35.5. The number of hydrogen-bond donors (Lipinski definition) is 0. The van der Waals surface area contributed by atoms with E-state index in [9.17, 15) is 9.59 Å². The minimum Gasteiger partial charge on any atom is -0.332 e. The van der Waals surface area contributed by atoms with E-state index >= 15 is 0 Å². The van der Waals surface area contributed by atoms with Crippen LogP contribution in [-0.4, -0.2) is 22.6 Å². The van der Waals surface area contributed by atoms with Crippen LogP contribution < -0.4 is 0 Å². The molecule has 33 heavy (non-hydrogen) atoms. The van der Waals surface area contributed by atoms with Gasteiger partial charge in [0.25, 0.3) is 0 Å². The highest BCUT2D eigenvalue weighted by Gasteiger charge is 2.50. The number of amides is 1. The Morgan fingerprint density at radius 1 is 1.18 bits per heavy atom. The Bertz CT molecular complexity index is 1000. The Morgan fingerprint density at radius 3 is 2.45 bits per heavy atom. The Morgan fingerprint density at radius 2 is 1.88 bits per heavy atom. The summed E-state index contributed by atoms with van der Waals surface area (Å²) in [7, 11) is 0. The van der Waals surface area contributed by atoms with E-state index in [1.165, 1.54) is 0 Å². The van der Waals surface area contributed by atoms with Gasteiger partial charge in [0.1, 0.15) is 5.78 Å². The Balaban J connectivity index is 2.20. The van der Waals surface area contributed by atoms with Crippen molar-refractivity contribution in [3.05, 3.63) is 82.4 Å². The zero-order valence-electron chi connectivity index (χ0n) is 19.7. The first kappa shape index (κ1) is 25.5. The van der Waals surface area contributed by atoms with Crippen molar-refractivity contribution in [2.75, 3.05) is 0 Å². The van der Waals surface area contributed by atoms with Crippen molar-refractivity contribution >= 4 is 34.9 Å². The zero-order valence-corrected chi connectivity index (χ0v) is 21.2. The van der Waals surface area contributed by atoms with Crippen molar-refractivity contribution in [2.45, 2.75) is 70.9 Å². The van der Waals surface area contributed by atoms with Crippen LogP contribution in [0.5, 0.6) is 0 Å². The fraction of sp³-hybridized carbons (Fsp3) is 0.429. The van der Waals surface area contributed by atoms with Crippen molar-refractivity contribution < 1.29 is 9.59 Å². The number of Topliss-reactive ketones (excluding diaryl/α,β-unsaturated/α-hetero) is 1. The second kappa shape index (κ2) is 10.9. The van der Waals surface area contributed by atoms with Crippen LogP contribution in [0.1, 0.15) is 76.0 Å². The molecule has 1 fully saturated rings. The first-order chi connectivity index (χ1) is 15.7. The largest absolute Gasteiger partial charge is 0.332 e. The number of piperidine rings is 1. The van der Waals surface area contributed by atoms with Crippen molar-refractivity contribution in [3.8, 4) is 0 Å². The molecule has 0 aromatic heterocycles. The van der Waals surface area contributed by atoms with Gasteiger partial charge in [0.05, 0.1) is 11.5 Å². The number of likely N-dealkylation sites (tertiary alicyclic amines) is 1. The van der Waals surface area contributed by atoms with Crippen molar-refractivity contribution in [3.63, 3.8) is 0 Å². The van der Waals surface area contributed by atoms with Gasteiger partial charge >= 0.3 is 0 Å². The van der Waals surface area contributed by atoms with Crippen molar-refractivity contribution in [2.24, 2.45) is 5.41 Å². The molecule has 3 nitrogen and oxygen atoms in total. The van der Waals surface area contributed by atoms with Gasteiger partial charge in [0.15, 0.2) is 0 Å². The van der Waals surface area contributed by atoms with Gasteiger partial charge in [-0.3, -0.25) is 4.79 Å². The molecule has 2 unspecified atom stereocenters. The number of ketones is 1. The average Bonchev–Trinajstić information content (AvgIpc) is 2.77. The topological polar surface area (TPSA) is 37.4 Å². The molecule has 0 radical (unpaired) electrons. The summed E-state index contributed by atoms with van der Waals surface area (Å²) in [6, 6.07) is 15.5. The molecule has 1 amide bonds. The third-order valence-corrected chi connectivity index (χ3v) is 7.37. The van der Waals surface area contributed by atoms with E-state index in [1.54, 1.807) is 6.92 Å². The molecule has 176 valence electrons. The first-order valence-electron chi connectivity index (χ1n) is 11.6. The maximum atomic E-state index is 14.1. The Kier molecular flexibility index (Phi) is 8.42.